The Balaban J connectivity index is 1.49. The van der Waals surface area contributed by atoms with Crippen molar-refractivity contribution in [3.8, 4) is 11.5 Å². The smallest absolute Gasteiger partial charge is 0.338 e. The van der Waals surface area contributed by atoms with E-state index < -0.39 is 18.5 Å². The second-order valence-corrected chi connectivity index (χ2v) is 6.24. The molecular formula is C20H20N2O6. The molecule has 1 heterocycles. The number of carbonyl (C=O) groups is 3. The molecule has 1 unspecified atom stereocenters. The van der Waals surface area contributed by atoms with Gasteiger partial charge in [0.05, 0.1) is 11.6 Å². The molecular weight excluding hydrogens is 364 g/mol. The lowest BCUT2D eigenvalue weighted by Crippen LogP contribution is -2.31. The second-order valence-electron chi connectivity index (χ2n) is 6.24. The number of hydrogen-bond acceptors (Lipinski definition) is 6. The van der Waals surface area contributed by atoms with Crippen LogP contribution < -0.4 is 20.1 Å². The van der Waals surface area contributed by atoms with Crippen molar-refractivity contribution >= 4 is 23.5 Å². The summed E-state index contributed by atoms with van der Waals surface area (Å²) in [6.45, 7) is 2.99. The van der Waals surface area contributed by atoms with Gasteiger partial charge in [-0.1, -0.05) is 6.07 Å². The van der Waals surface area contributed by atoms with Crippen LogP contribution in [0.3, 0.4) is 0 Å². The van der Waals surface area contributed by atoms with Crippen LogP contribution in [0.15, 0.2) is 42.5 Å². The summed E-state index contributed by atoms with van der Waals surface area (Å²) in [5.74, 6) is 0.0469. The minimum absolute atomic E-state index is 0.182. The molecule has 0 fully saturated rings. The summed E-state index contributed by atoms with van der Waals surface area (Å²) in [6, 6.07) is 11.3. The Morgan fingerprint density at radius 1 is 1.07 bits per heavy atom. The average molecular weight is 384 g/mol. The Kier molecular flexibility index (Phi) is 5.78. The zero-order valence-electron chi connectivity index (χ0n) is 15.5. The highest BCUT2D eigenvalue weighted by Gasteiger charge is 2.17. The lowest BCUT2D eigenvalue weighted by atomic mass is 10.1. The maximum atomic E-state index is 12.1. The number of rotatable bonds is 6. The van der Waals surface area contributed by atoms with Crippen molar-refractivity contribution in [3.63, 3.8) is 0 Å². The minimum Gasteiger partial charge on any atom is -0.454 e. The van der Waals surface area contributed by atoms with Crippen LogP contribution in [0, 0.1) is 0 Å². The first-order valence-electron chi connectivity index (χ1n) is 8.66. The molecule has 2 aromatic rings. The third-order valence-electron chi connectivity index (χ3n) is 4.05. The molecule has 0 aliphatic carbocycles. The highest BCUT2D eigenvalue weighted by Crippen LogP contribution is 2.34. The van der Waals surface area contributed by atoms with Crippen molar-refractivity contribution in [1.29, 1.82) is 0 Å². The highest BCUT2D eigenvalue weighted by molar-refractivity contribution is 5.93. The Bertz CT molecular complexity index is 894. The van der Waals surface area contributed by atoms with Gasteiger partial charge in [-0.05, 0) is 48.9 Å². The summed E-state index contributed by atoms with van der Waals surface area (Å²) in [7, 11) is 0. The van der Waals surface area contributed by atoms with E-state index in [4.69, 9.17) is 14.2 Å². The van der Waals surface area contributed by atoms with Crippen LogP contribution in [0.1, 0.15) is 35.8 Å². The molecule has 0 saturated carbocycles. The van der Waals surface area contributed by atoms with Crippen LogP contribution in [0.25, 0.3) is 0 Å². The molecule has 1 atom stereocenters. The van der Waals surface area contributed by atoms with Gasteiger partial charge >= 0.3 is 5.97 Å². The van der Waals surface area contributed by atoms with E-state index in [0.29, 0.717) is 17.2 Å². The molecule has 0 aromatic heterocycles. The van der Waals surface area contributed by atoms with Crippen molar-refractivity contribution in [3.05, 3.63) is 53.6 Å². The first-order valence-corrected chi connectivity index (χ1v) is 8.66. The average Bonchev–Trinajstić information content (AvgIpc) is 3.14. The molecule has 2 amide bonds. The maximum absolute atomic E-state index is 12.1. The van der Waals surface area contributed by atoms with Gasteiger partial charge in [-0.3, -0.25) is 9.59 Å². The van der Waals surface area contributed by atoms with Gasteiger partial charge in [-0.25, -0.2) is 4.79 Å². The Hall–Kier alpha value is -3.55. The van der Waals surface area contributed by atoms with Gasteiger partial charge in [0.25, 0.3) is 5.91 Å². The topological polar surface area (TPSA) is 103 Å². The quantitative estimate of drug-likeness (QED) is 0.742. The summed E-state index contributed by atoms with van der Waals surface area (Å²) in [6.07, 6.45) is 0. The number of nitrogens with one attached hydrogen (secondary N) is 2. The Morgan fingerprint density at radius 2 is 1.79 bits per heavy atom. The predicted molar refractivity (Wildman–Crippen MR) is 100 cm³/mol. The number of hydrogen-bond donors (Lipinski definition) is 2. The number of amides is 2. The van der Waals surface area contributed by atoms with E-state index in [0.717, 1.165) is 5.56 Å². The van der Waals surface area contributed by atoms with Crippen LogP contribution in [-0.2, 0) is 14.3 Å². The van der Waals surface area contributed by atoms with Crippen LogP contribution in [0.4, 0.5) is 5.69 Å². The van der Waals surface area contributed by atoms with Crippen molar-refractivity contribution in [2.45, 2.75) is 19.9 Å². The molecule has 0 saturated heterocycles. The first-order chi connectivity index (χ1) is 13.4. The molecule has 1 aliphatic rings. The molecule has 1 aliphatic heterocycles. The van der Waals surface area contributed by atoms with Gasteiger partial charge < -0.3 is 24.8 Å². The molecule has 2 N–H and O–H groups in total. The van der Waals surface area contributed by atoms with Crippen molar-refractivity contribution < 1.29 is 28.6 Å². The first kappa shape index (κ1) is 19.2. The van der Waals surface area contributed by atoms with Crippen LogP contribution in [-0.4, -0.2) is 31.2 Å². The molecule has 2 aromatic carbocycles. The molecule has 8 nitrogen and oxygen atoms in total. The molecule has 146 valence electrons. The standard InChI is InChI=1S/C20H20N2O6/c1-12(15-5-8-17-18(9-15)28-11-27-17)21-19(24)10-26-20(25)14-3-6-16(7-4-14)22-13(2)23/h3-9,12H,10-11H2,1-2H3,(H,21,24)(H,22,23). The number of anilines is 1. The van der Waals surface area contributed by atoms with Gasteiger partial charge in [-0.2, -0.15) is 0 Å². The van der Waals surface area contributed by atoms with Crippen molar-refractivity contribution in [2.75, 3.05) is 18.7 Å². The zero-order valence-corrected chi connectivity index (χ0v) is 15.5. The lowest BCUT2D eigenvalue weighted by Gasteiger charge is -2.15. The largest absolute Gasteiger partial charge is 0.454 e. The SMILES string of the molecule is CC(=O)Nc1ccc(C(=O)OCC(=O)NC(C)c2ccc3c(c2)OCO3)cc1. The van der Waals surface area contributed by atoms with Crippen molar-refractivity contribution in [2.24, 2.45) is 0 Å². The molecule has 3 rings (SSSR count). The predicted octanol–water partition coefficient (Wildman–Crippen LogP) is 2.41. The van der Waals surface area contributed by atoms with Crippen LogP contribution >= 0.6 is 0 Å². The molecule has 0 spiro atoms. The lowest BCUT2D eigenvalue weighted by molar-refractivity contribution is -0.124. The molecule has 28 heavy (non-hydrogen) atoms. The summed E-state index contributed by atoms with van der Waals surface area (Å²) in [5.41, 5.74) is 1.70. The van der Waals surface area contributed by atoms with E-state index in [2.05, 4.69) is 10.6 Å². The van der Waals surface area contributed by atoms with Gasteiger partial charge in [-0.15, -0.1) is 0 Å². The molecule has 0 radical (unpaired) electrons. The fraction of sp³-hybridized carbons (Fsp3) is 0.250. The van der Waals surface area contributed by atoms with Gasteiger partial charge in [0.15, 0.2) is 18.1 Å². The fourth-order valence-electron chi connectivity index (χ4n) is 2.66. The van der Waals surface area contributed by atoms with E-state index in [9.17, 15) is 14.4 Å². The minimum atomic E-state index is -0.625. The number of esters is 1. The Morgan fingerprint density at radius 3 is 2.50 bits per heavy atom. The van der Waals surface area contributed by atoms with Crippen LogP contribution in [0.2, 0.25) is 0 Å². The van der Waals surface area contributed by atoms with E-state index in [1.165, 1.54) is 19.1 Å². The van der Waals surface area contributed by atoms with Crippen molar-refractivity contribution in [1.82, 2.24) is 5.32 Å². The normalized spacial score (nSPS) is 12.8. The Labute approximate surface area is 161 Å². The molecule has 0 bridgehead atoms. The second kappa shape index (κ2) is 8.43. The summed E-state index contributed by atoms with van der Waals surface area (Å²) in [5, 5.41) is 5.37. The van der Waals surface area contributed by atoms with E-state index in [1.807, 2.05) is 13.0 Å². The van der Waals surface area contributed by atoms with Crippen LogP contribution in [0.5, 0.6) is 11.5 Å². The summed E-state index contributed by atoms with van der Waals surface area (Å²) in [4.78, 5) is 35.1. The maximum Gasteiger partial charge on any atom is 0.338 e. The van der Waals surface area contributed by atoms with Gasteiger partial charge in [0, 0.05) is 12.6 Å². The number of benzene rings is 2. The fourth-order valence-corrected chi connectivity index (χ4v) is 2.66. The van der Waals surface area contributed by atoms with Gasteiger partial charge in [0.1, 0.15) is 0 Å². The molecule has 8 heteroatoms. The highest BCUT2D eigenvalue weighted by atomic mass is 16.7. The summed E-state index contributed by atoms with van der Waals surface area (Å²) >= 11 is 0. The number of ether oxygens (including phenoxy) is 3. The van der Waals surface area contributed by atoms with E-state index in [-0.39, 0.29) is 24.3 Å². The summed E-state index contributed by atoms with van der Waals surface area (Å²) < 4.78 is 15.6. The van der Waals surface area contributed by atoms with E-state index in [1.54, 1.807) is 24.3 Å². The number of carbonyl (C=O) groups excluding carboxylic acids is 3. The number of fused-ring (bicyclic) bond motifs is 1. The third kappa shape index (κ3) is 4.79. The van der Waals surface area contributed by atoms with Gasteiger partial charge in [0.2, 0.25) is 12.7 Å². The zero-order chi connectivity index (χ0) is 20.1. The van der Waals surface area contributed by atoms with E-state index >= 15 is 0 Å². The monoisotopic (exact) mass is 384 g/mol. The third-order valence-corrected chi connectivity index (χ3v) is 4.05.